The Labute approximate surface area is 538 Å². The Morgan fingerprint density at radius 1 is 0.217 bits per heavy atom. The maximum atomic E-state index is 6.11. The normalized spacial score (nSPS) is 12.0. The minimum absolute atomic E-state index is 0.562. The Hall–Kier alpha value is -8.54. The molecule has 0 unspecified atom stereocenters. The lowest BCUT2D eigenvalue weighted by Crippen LogP contribution is -2.13. The van der Waals surface area contributed by atoms with Crippen LogP contribution in [0.4, 0.5) is 34.1 Å². The number of fused-ring (bicyclic) bond motifs is 12. The first-order valence-electron chi connectivity index (χ1n) is 32.9. The van der Waals surface area contributed by atoms with E-state index in [1.54, 1.807) is 0 Å². The second-order valence-electron chi connectivity index (χ2n) is 22.9. The second-order valence-corrected chi connectivity index (χ2v) is 22.9. The molecule has 14 heteroatoms. The maximum absolute atomic E-state index is 6.11. The number of benzene rings is 9. The summed E-state index contributed by atoms with van der Waals surface area (Å²) in [4.78, 5) is 4.84. The van der Waals surface area contributed by atoms with Gasteiger partial charge < -0.3 is 66.0 Å². The monoisotopic (exact) mass is 1230 g/mol. The average Bonchev–Trinajstić information content (AvgIpc) is 1.58. The summed E-state index contributed by atoms with van der Waals surface area (Å²) < 4.78 is 56.4. The molecule has 0 N–H and O–H groups in total. The van der Waals surface area contributed by atoms with Gasteiger partial charge in [0, 0.05) is 174 Å². The number of hydrogen-bond donors (Lipinski definition) is 0. The van der Waals surface area contributed by atoms with Gasteiger partial charge >= 0.3 is 0 Å². The van der Waals surface area contributed by atoms with Gasteiger partial charge in [-0.1, -0.05) is 72.8 Å². The number of rotatable bonds is 34. The third-order valence-corrected chi connectivity index (χ3v) is 17.6. The fourth-order valence-corrected chi connectivity index (χ4v) is 13.4. The van der Waals surface area contributed by atoms with Crippen LogP contribution >= 0.6 is 0 Å². The van der Waals surface area contributed by atoms with E-state index in [1.165, 1.54) is 65.2 Å². The summed E-state index contributed by atoms with van der Waals surface area (Å²) in [7, 11) is 0. The lowest BCUT2D eigenvalue weighted by atomic mass is 10.1. The van der Waals surface area contributed by atoms with Gasteiger partial charge in [0.1, 0.15) is 0 Å². The minimum atomic E-state index is 0.562. The molecule has 0 aliphatic carbocycles. The SMILES string of the molecule is CCOCCOCCn1c2ccccc2c2cc(N(c3ccc(N(c4ccc5c(c4)c4ccccc4n5CCOCCOCC)c4ccc5c(c4)c4ccccc4n5CCOCCOCC)cc3)c3ccc4c(c3)c3ccccc3n4CCOCCOCC)ccc21. The molecule has 0 spiro atoms. The van der Waals surface area contributed by atoms with Gasteiger partial charge in [0.15, 0.2) is 0 Å². The highest BCUT2D eigenvalue weighted by Crippen LogP contribution is 2.45. The number of para-hydroxylation sites is 4. The van der Waals surface area contributed by atoms with Gasteiger partial charge in [-0.15, -0.1) is 0 Å². The predicted molar refractivity (Wildman–Crippen MR) is 377 cm³/mol. The van der Waals surface area contributed by atoms with Crippen LogP contribution in [0, 0.1) is 0 Å². The summed E-state index contributed by atoms with van der Waals surface area (Å²) in [5, 5.41) is 9.51. The van der Waals surface area contributed by atoms with Crippen LogP contribution in [0.2, 0.25) is 0 Å². The Morgan fingerprint density at radius 2 is 0.424 bits per heavy atom. The highest BCUT2D eigenvalue weighted by Gasteiger charge is 2.23. The molecule has 4 aromatic heterocycles. The van der Waals surface area contributed by atoms with E-state index in [2.05, 4.69) is 222 Å². The van der Waals surface area contributed by atoms with E-state index in [9.17, 15) is 0 Å². The van der Waals surface area contributed by atoms with E-state index in [0.29, 0.717) is 132 Å². The number of ether oxygens (including phenoxy) is 8. The molecule has 4 heterocycles. The molecular formula is C78H84N6O8. The van der Waals surface area contributed by atoms with Crippen LogP contribution in [0.25, 0.3) is 87.2 Å². The van der Waals surface area contributed by atoms with E-state index in [4.69, 9.17) is 37.9 Å². The zero-order valence-electron chi connectivity index (χ0n) is 53.6. The number of anilines is 6. The molecule has 0 atom stereocenters. The third kappa shape index (κ3) is 13.0. The maximum Gasteiger partial charge on any atom is 0.0701 e. The van der Waals surface area contributed by atoms with Crippen molar-refractivity contribution in [1.29, 1.82) is 0 Å². The summed E-state index contributed by atoms with van der Waals surface area (Å²) in [5.74, 6) is 0. The molecule has 13 rings (SSSR count). The van der Waals surface area contributed by atoms with Gasteiger partial charge in [-0.05, 0) is 149 Å². The van der Waals surface area contributed by atoms with Gasteiger partial charge in [0.25, 0.3) is 0 Å². The van der Waals surface area contributed by atoms with Crippen LogP contribution < -0.4 is 9.80 Å². The molecule has 9 aromatic carbocycles. The van der Waals surface area contributed by atoms with E-state index in [0.717, 1.165) is 56.2 Å². The van der Waals surface area contributed by atoms with Crippen LogP contribution in [-0.2, 0) is 64.1 Å². The standard InChI is InChI=1S/C78H84N6O8/c1-5-85-45-49-89-41-37-79-71-21-13-9-17-63(71)67-53-59(29-33-75(67)79)83(60-30-34-76-68(54-60)64-18-10-14-22-72(64)80(76)38-42-90-50-46-86-6-2)57-25-27-58(28-26-57)84(61-31-35-77-69(55-61)65-19-11-15-23-73(65)81(77)39-43-91-51-47-87-7-3)62-32-36-78-70(56-62)66-20-12-16-24-74(66)82(78)40-44-92-52-48-88-8-4/h9-36,53-56H,5-8,37-52H2,1-4H3. The zero-order chi connectivity index (χ0) is 62.6. The van der Waals surface area contributed by atoms with Crippen LogP contribution in [-0.4, -0.2) is 124 Å². The van der Waals surface area contributed by atoms with Gasteiger partial charge in [-0.2, -0.15) is 0 Å². The molecule has 0 saturated carbocycles. The Balaban J connectivity index is 0.935. The summed E-state index contributed by atoms with van der Waals surface area (Å²) in [6.07, 6.45) is 0. The van der Waals surface area contributed by atoms with Crippen molar-refractivity contribution in [1.82, 2.24) is 18.3 Å². The third-order valence-electron chi connectivity index (χ3n) is 17.6. The quantitative estimate of drug-likeness (QED) is 0.0363. The van der Waals surface area contributed by atoms with Crippen LogP contribution in [0.1, 0.15) is 27.7 Å². The Bertz CT molecular complexity index is 4040. The molecule has 0 bridgehead atoms. The van der Waals surface area contributed by atoms with Crippen LogP contribution in [0.15, 0.2) is 194 Å². The second kappa shape index (κ2) is 29.8. The largest absolute Gasteiger partial charge is 0.379 e. The summed E-state index contributed by atoms with van der Waals surface area (Å²) >= 11 is 0. The molecule has 92 heavy (non-hydrogen) atoms. The Kier molecular flexibility index (Phi) is 20.2. The van der Waals surface area contributed by atoms with Gasteiger partial charge in [-0.3, -0.25) is 0 Å². The average molecular weight is 1230 g/mol. The number of aromatic nitrogens is 4. The topological polar surface area (TPSA) is 100 Å². The lowest BCUT2D eigenvalue weighted by molar-refractivity contribution is 0.0503. The molecule has 0 aliphatic heterocycles. The van der Waals surface area contributed by atoms with Crippen molar-refractivity contribution in [2.24, 2.45) is 0 Å². The van der Waals surface area contributed by atoms with Crippen molar-refractivity contribution >= 4 is 121 Å². The summed E-state index contributed by atoms with van der Waals surface area (Å²) in [6, 6.07) is 71.8. The molecule has 0 amide bonds. The first-order valence-corrected chi connectivity index (χ1v) is 32.9. The van der Waals surface area contributed by atoms with Crippen molar-refractivity contribution < 1.29 is 37.9 Å². The molecule has 0 fully saturated rings. The Morgan fingerprint density at radius 3 is 0.663 bits per heavy atom. The van der Waals surface area contributed by atoms with Gasteiger partial charge in [0.2, 0.25) is 0 Å². The minimum Gasteiger partial charge on any atom is -0.379 e. The zero-order valence-corrected chi connectivity index (χ0v) is 53.6. The van der Waals surface area contributed by atoms with Crippen LogP contribution in [0.3, 0.4) is 0 Å². The first kappa shape index (κ1) is 62.3. The van der Waals surface area contributed by atoms with Crippen molar-refractivity contribution in [3.8, 4) is 0 Å². The molecule has 0 saturated heterocycles. The fourth-order valence-electron chi connectivity index (χ4n) is 13.4. The highest BCUT2D eigenvalue weighted by molar-refractivity contribution is 6.13. The molecule has 14 nitrogen and oxygen atoms in total. The molecule has 13 aromatic rings. The predicted octanol–water partition coefficient (Wildman–Crippen LogP) is 17.3. The van der Waals surface area contributed by atoms with E-state index < -0.39 is 0 Å². The van der Waals surface area contributed by atoms with E-state index >= 15 is 0 Å². The molecule has 474 valence electrons. The van der Waals surface area contributed by atoms with Crippen LogP contribution in [0.5, 0.6) is 0 Å². The van der Waals surface area contributed by atoms with Gasteiger partial charge in [0.05, 0.1) is 79.3 Å². The van der Waals surface area contributed by atoms with Crippen molar-refractivity contribution in [3.05, 3.63) is 194 Å². The number of nitrogens with zero attached hydrogens (tertiary/aromatic N) is 6. The molecule has 0 radical (unpaired) electrons. The smallest absolute Gasteiger partial charge is 0.0701 e. The molecule has 0 aliphatic rings. The number of hydrogen-bond acceptors (Lipinski definition) is 10. The lowest BCUT2D eigenvalue weighted by Gasteiger charge is -2.29. The first-order chi connectivity index (χ1) is 45.6. The fraction of sp³-hybridized carbons (Fsp3) is 0.308. The van der Waals surface area contributed by atoms with Crippen molar-refractivity contribution in [3.63, 3.8) is 0 Å². The summed E-state index contributed by atoms with van der Waals surface area (Å²) in [5.41, 5.74) is 15.6. The van der Waals surface area contributed by atoms with Gasteiger partial charge in [-0.25, -0.2) is 0 Å². The molecular weight excluding hydrogens is 1150 g/mol. The van der Waals surface area contributed by atoms with Crippen molar-refractivity contribution in [2.75, 3.05) is 116 Å². The highest BCUT2D eigenvalue weighted by atomic mass is 16.5. The summed E-state index contributed by atoms with van der Waals surface area (Å²) in [6.45, 7) is 20.5. The van der Waals surface area contributed by atoms with E-state index in [1.807, 2.05) is 27.7 Å². The van der Waals surface area contributed by atoms with E-state index in [-0.39, 0.29) is 0 Å². The van der Waals surface area contributed by atoms with Crippen molar-refractivity contribution in [2.45, 2.75) is 53.9 Å².